The summed E-state index contributed by atoms with van der Waals surface area (Å²) < 4.78 is 5.28. The molecule has 1 aromatic carbocycles. The topological polar surface area (TPSA) is 107 Å². The number of aliphatic hydroxyl groups is 1. The summed E-state index contributed by atoms with van der Waals surface area (Å²) in [4.78, 5) is 12.0. The molecular formula is C21H29N7O2. The molecule has 160 valence electrons. The minimum absolute atomic E-state index is 0.258. The number of β-amino-alcohol motifs (C(OH)–C–C–N with tert-alkyl or cyclic N) is 1. The van der Waals surface area contributed by atoms with E-state index in [1.165, 1.54) is 0 Å². The molecule has 3 heterocycles. The van der Waals surface area contributed by atoms with Crippen molar-refractivity contribution in [3.63, 3.8) is 0 Å². The highest BCUT2D eigenvalue weighted by Crippen LogP contribution is 2.30. The lowest BCUT2D eigenvalue weighted by atomic mass is 10.0. The molecule has 0 saturated carbocycles. The van der Waals surface area contributed by atoms with Crippen LogP contribution in [-0.2, 0) is 6.42 Å². The maximum absolute atomic E-state index is 10.5. The lowest BCUT2D eigenvalue weighted by molar-refractivity contribution is 0.0754. The van der Waals surface area contributed by atoms with Gasteiger partial charge in [-0.25, -0.2) is 9.98 Å². The van der Waals surface area contributed by atoms with Gasteiger partial charge in [-0.3, -0.25) is 5.32 Å². The highest BCUT2D eigenvalue weighted by molar-refractivity contribution is 6.68. The van der Waals surface area contributed by atoms with Crippen LogP contribution in [0.25, 0.3) is 0 Å². The number of hydrogen-bond donors (Lipinski definition) is 2. The largest absolute Gasteiger partial charge is 0.497 e. The van der Waals surface area contributed by atoms with Crippen molar-refractivity contribution in [2.45, 2.75) is 57.5 Å². The first-order chi connectivity index (χ1) is 14.1. The van der Waals surface area contributed by atoms with E-state index < -0.39 is 11.4 Å². The SMILES string of the molecule is COc1ccc(CC2(NC(C)(C)C)N=C3N=NN=C3C(N3CC[C@@](C)(O)C3)=N2)cc1. The Balaban J connectivity index is 1.76. The van der Waals surface area contributed by atoms with Crippen LogP contribution in [0.2, 0.25) is 0 Å². The van der Waals surface area contributed by atoms with Gasteiger partial charge < -0.3 is 14.7 Å². The smallest absolute Gasteiger partial charge is 0.213 e. The standard InChI is InChI=1S/C21H29N7O2/c1-19(2,3)26-21(12-14-6-8-15(30-5)9-7-14)22-17-16(24-27-25-17)18(23-21)28-11-10-20(4,29)13-28/h6-9,26,29H,10-13H2,1-5H3/t20-,21?/m1/s1. The monoisotopic (exact) mass is 411 g/mol. The molecule has 2 N–H and O–H groups in total. The number of likely N-dealkylation sites (tertiary alicyclic amines) is 1. The molecule has 1 aromatic rings. The Morgan fingerprint density at radius 2 is 1.93 bits per heavy atom. The van der Waals surface area contributed by atoms with Crippen molar-refractivity contribution < 1.29 is 9.84 Å². The Hall–Kier alpha value is -2.65. The predicted molar refractivity (Wildman–Crippen MR) is 116 cm³/mol. The number of fused-ring (bicyclic) bond motifs is 1. The number of ether oxygens (including phenoxy) is 1. The molecule has 0 aromatic heterocycles. The van der Waals surface area contributed by atoms with E-state index in [0.29, 0.717) is 43.3 Å². The van der Waals surface area contributed by atoms with Crippen LogP contribution in [0, 0.1) is 0 Å². The van der Waals surface area contributed by atoms with Crippen LogP contribution in [0.15, 0.2) is 49.7 Å². The number of aliphatic imine (C=N–C) groups is 2. The maximum Gasteiger partial charge on any atom is 0.213 e. The van der Waals surface area contributed by atoms with Gasteiger partial charge in [-0.1, -0.05) is 12.1 Å². The van der Waals surface area contributed by atoms with Crippen LogP contribution >= 0.6 is 0 Å². The van der Waals surface area contributed by atoms with Crippen molar-refractivity contribution in [3.8, 4) is 5.75 Å². The van der Waals surface area contributed by atoms with Gasteiger partial charge in [0, 0.05) is 25.0 Å². The van der Waals surface area contributed by atoms with Crippen molar-refractivity contribution in [2.24, 2.45) is 25.4 Å². The molecule has 30 heavy (non-hydrogen) atoms. The summed E-state index contributed by atoms with van der Waals surface area (Å²) in [6.07, 6.45) is 1.19. The number of hydrogen-bond acceptors (Lipinski definition) is 9. The number of amidine groups is 2. The highest BCUT2D eigenvalue weighted by atomic mass is 16.5. The first kappa shape index (κ1) is 20.6. The zero-order valence-corrected chi connectivity index (χ0v) is 18.2. The molecule has 1 saturated heterocycles. The van der Waals surface area contributed by atoms with E-state index in [1.54, 1.807) is 7.11 Å². The molecule has 3 aliphatic rings. The summed E-state index contributed by atoms with van der Waals surface area (Å²) in [5.41, 5.74) is 0.602. The molecule has 9 heteroatoms. The Morgan fingerprint density at radius 3 is 2.53 bits per heavy atom. The average Bonchev–Trinajstić information content (AvgIpc) is 3.26. The van der Waals surface area contributed by atoms with Gasteiger partial charge in [0.05, 0.1) is 12.7 Å². The van der Waals surface area contributed by atoms with Crippen molar-refractivity contribution in [1.29, 1.82) is 0 Å². The fourth-order valence-corrected chi connectivity index (χ4v) is 4.00. The minimum Gasteiger partial charge on any atom is -0.497 e. The number of benzene rings is 1. The van der Waals surface area contributed by atoms with Crippen LogP contribution in [-0.4, -0.2) is 64.5 Å². The normalized spacial score (nSPS) is 28.2. The third kappa shape index (κ3) is 4.27. The number of nitrogens with one attached hydrogen (secondary N) is 1. The zero-order chi connectivity index (χ0) is 21.6. The van der Waals surface area contributed by atoms with Crippen LogP contribution in [0.5, 0.6) is 5.75 Å². The summed E-state index contributed by atoms with van der Waals surface area (Å²) in [5, 5.41) is 26.2. The van der Waals surface area contributed by atoms with Crippen LogP contribution in [0.3, 0.4) is 0 Å². The van der Waals surface area contributed by atoms with Gasteiger partial charge in [0.15, 0.2) is 11.5 Å². The van der Waals surface area contributed by atoms with E-state index in [1.807, 2.05) is 31.2 Å². The molecule has 1 fully saturated rings. The second-order valence-electron chi connectivity index (χ2n) is 9.39. The third-order valence-electron chi connectivity index (χ3n) is 5.23. The summed E-state index contributed by atoms with van der Waals surface area (Å²) in [7, 11) is 1.65. The molecule has 0 spiro atoms. The maximum atomic E-state index is 10.5. The van der Waals surface area contributed by atoms with Gasteiger partial charge in [-0.15, -0.1) is 10.2 Å². The molecule has 9 nitrogen and oxygen atoms in total. The van der Waals surface area contributed by atoms with E-state index in [-0.39, 0.29) is 5.54 Å². The summed E-state index contributed by atoms with van der Waals surface area (Å²) in [5.74, 6) is 0.979. The lowest BCUT2D eigenvalue weighted by Crippen LogP contribution is -2.57. The second-order valence-corrected chi connectivity index (χ2v) is 9.39. The van der Waals surface area contributed by atoms with Crippen molar-refractivity contribution >= 4 is 17.4 Å². The molecule has 3 aliphatic heterocycles. The van der Waals surface area contributed by atoms with Crippen LogP contribution < -0.4 is 10.1 Å². The Morgan fingerprint density at radius 1 is 1.20 bits per heavy atom. The van der Waals surface area contributed by atoms with Gasteiger partial charge in [0.1, 0.15) is 5.75 Å². The molecular weight excluding hydrogens is 382 g/mol. The molecule has 4 rings (SSSR count). The van der Waals surface area contributed by atoms with Crippen LogP contribution in [0.1, 0.15) is 39.7 Å². The molecule has 0 radical (unpaired) electrons. The Bertz CT molecular complexity index is 941. The van der Waals surface area contributed by atoms with E-state index >= 15 is 0 Å². The van der Waals surface area contributed by atoms with E-state index in [2.05, 4.69) is 46.4 Å². The fourth-order valence-electron chi connectivity index (χ4n) is 4.00. The quantitative estimate of drug-likeness (QED) is 0.793. The number of rotatable bonds is 4. The summed E-state index contributed by atoms with van der Waals surface area (Å²) >= 11 is 0. The zero-order valence-electron chi connectivity index (χ0n) is 18.2. The van der Waals surface area contributed by atoms with Crippen molar-refractivity contribution in [1.82, 2.24) is 10.2 Å². The first-order valence-electron chi connectivity index (χ1n) is 10.2. The van der Waals surface area contributed by atoms with Crippen LogP contribution in [0.4, 0.5) is 0 Å². The molecule has 1 unspecified atom stereocenters. The van der Waals surface area contributed by atoms with Gasteiger partial charge in [0.2, 0.25) is 11.6 Å². The first-order valence-corrected chi connectivity index (χ1v) is 10.2. The number of nitrogens with zero attached hydrogens (tertiary/aromatic N) is 6. The van der Waals surface area contributed by atoms with Gasteiger partial charge in [-0.05, 0) is 57.0 Å². The highest BCUT2D eigenvalue weighted by Gasteiger charge is 2.44. The Labute approximate surface area is 176 Å². The van der Waals surface area contributed by atoms with Gasteiger partial charge >= 0.3 is 0 Å². The Kier molecular flexibility index (Phi) is 4.98. The van der Waals surface area contributed by atoms with Crippen molar-refractivity contribution in [3.05, 3.63) is 29.8 Å². The van der Waals surface area contributed by atoms with Gasteiger partial charge in [-0.2, -0.15) is 0 Å². The van der Waals surface area contributed by atoms with Gasteiger partial charge in [0.25, 0.3) is 0 Å². The molecule has 2 atom stereocenters. The molecule has 0 bridgehead atoms. The van der Waals surface area contributed by atoms with E-state index in [9.17, 15) is 5.11 Å². The van der Waals surface area contributed by atoms with E-state index in [0.717, 1.165) is 11.3 Å². The minimum atomic E-state index is -0.964. The molecule has 0 amide bonds. The average molecular weight is 412 g/mol. The molecule has 0 aliphatic carbocycles. The summed E-state index contributed by atoms with van der Waals surface area (Å²) in [6.45, 7) is 9.25. The third-order valence-corrected chi connectivity index (χ3v) is 5.23. The predicted octanol–water partition coefficient (Wildman–Crippen LogP) is 2.37. The summed E-state index contributed by atoms with van der Waals surface area (Å²) in [6, 6.07) is 7.89. The second kappa shape index (κ2) is 7.24. The van der Waals surface area contributed by atoms with Crippen molar-refractivity contribution in [2.75, 3.05) is 20.2 Å². The van der Waals surface area contributed by atoms with E-state index in [4.69, 9.17) is 14.7 Å². The lowest BCUT2D eigenvalue weighted by Gasteiger charge is -2.38. The fraction of sp³-hybridized carbons (Fsp3) is 0.571. The number of methoxy groups -OCH3 is 1.